The zero-order valence-electron chi connectivity index (χ0n) is 13.1. The zero-order valence-corrected chi connectivity index (χ0v) is 13.1. The third-order valence-corrected chi connectivity index (χ3v) is 3.66. The average molecular weight is 312 g/mol. The molecule has 0 fully saturated rings. The summed E-state index contributed by atoms with van der Waals surface area (Å²) in [4.78, 5) is 13.8. The maximum atomic E-state index is 12.2. The fraction of sp³-hybridized carbons (Fsp3) is 0.278. The molecule has 120 valence electrons. The smallest absolute Gasteiger partial charge is 0.317 e. The summed E-state index contributed by atoms with van der Waals surface area (Å²) in [5.41, 5.74) is 2.08. The summed E-state index contributed by atoms with van der Waals surface area (Å²) in [7, 11) is 1.78. The first-order valence-corrected chi connectivity index (χ1v) is 7.64. The quantitative estimate of drug-likeness (QED) is 0.944. The lowest BCUT2D eigenvalue weighted by Crippen LogP contribution is -2.36. The molecular formula is C18H20N2O3. The number of carbonyl (C=O) groups excluding carboxylic acids is 1. The molecule has 1 N–H and O–H groups in total. The average Bonchev–Trinajstić information content (AvgIpc) is 2.60. The Labute approximate surface area is 135 Å². The summed E-state index contributed by atoms with van der Waals surface area (Å²) in [5.74, 6) is 1.49. The van der Waals surface area contributed by atoms with Gasteiger partial charge in [0.05, 0.1) is 0 Å². The molecule has 1 aliphatic rings. The van der Waals surface area contributed by atoms with Crippen molar-refractivity contribution in [2.45, 2.75) is 13.1 Å². The van der Waals surface area contributed by atoms with Crippen molar-refractivity contribution in [1.82, 2.24) is 10.2 Å². The van der Waals surface area contributed by atoms with Crippen LogP contribution in [0.4, 0.5) is 4.79 Å². The van der Waals surface area contributed by atoms with Crippen molar-refractivity contribution in [3.8, 4) is 11.5 Å². The first kappa shape index (κ1) is 15.2. The predicted octanol–water partition coefficient (Wildman–Crippen LogP) is 2.80. The zero-order chi connectivity index (χ0) is 16.1. The minimum Gasteiger partial charge on any atom is -0.486 e. The molecule has 2 amide bonds. The molecule has 2 aromatic carbocycles. The second-order valence-corrected chi connectivity index (χ2v) is 5.48. The molecule has 0 aromatic heterocycles. The van der Waals surface area contributed by atoms with E-state index in [1.165, 1.54) is 0 Å². The van der Waals surface area contributed by atoms with Gasteiger partial charge < -0.3 is 19.7 Å². The first-order valence-electron chi connectivity index (χ1n) is 7.64. The first-order chi connectivity index (χ1) is 11.2. The Morgan fingerprint density at radius 2 is 1.78 bits per heavy atom. The van der Waals surface area contributed by atoms with Crippen LogP contribution in [0.2, 0.25) is 0 Å². The summed E-state index contributed by atoms with van der Waals surface area (Å²) in [5, 5.41) is 2.92. The van der Waals surface area contributed by atoms with Crippen LogP contribution >= 0.6 is 0 Å². The maximum Gasteiger partial charge on any atom is 0.317 e. The van der Waals surface area contributed by atoms with Crippen molar-refractivity contribution in [2.24, 2.45) is 0 Å². The van der Waals surface area contributed by atoms with Gasteiger partial charge in [-0.1, -0.05) is 36.4 Å². The van der Waals surface area contributed by atoms with Gasteiger partial charge in [-0.15, -0.1) is 0 Å². The second-order valence-electron chi connectivity index (χ2n) is 5.48. The molecule has 1 aliphatic heterocycles. The van der Waals surface area contributed by atoms with Gasteiger partial charge in [0.25, 0.3) is 0 Å². The van der Waals surface area contributed by atoms with E-state index in [0.717, 1.165) is 22.6 Å². The maximum absolute atomic E-state index is 12.2. The molecule has 0 saturated heterocycles. The predicted molar refractivity (Wildman–Crippen MR) is 87.6 cm³/mol. The number of carbonyl (C=O) groups is 1. The Hall–Kier alpha value is -2.69. The molecule has 2 aromatic rings. The van der Waals surface area contributed by atoms with Gasteiger partial charge in [-0.2, -0.15) is 0 Å². The Balaban J connectivity index is 1.54. The van der Waals surface area contributed by atoms with Crippen LogP contribution < -0.4 is 14.8 Å². The summed E-state index contributed by atoms with van der Waals surface area (Å²) < 4.78 is 11.0. The normalized spacial score (nSPS) is 12.6. The number of hydrogen-bond acceptors (Lipinski definition) is 3. The summed E-state index contributed by atoms with van der Waals surface area (Å²) in [6, 6.07) is 15.5. The third kappa shape index (κ3) is 3.94. The van der Waals surface area contributed by atoms with Gasteiger partial charge in [0.1, 0.15) is 13.2 Å². The van der Waals surface area contributed by atoms with Gasteiger partial charge in [0.2, 0.25) is 0 Å². The number of hydrogen-bond donors (Lipinski definition) is 1. The second kappa shape index (κ2) is 7.05. The van der Waals surface area contributed by atoms with Gasteiger partial charge in [-0.25, -0.2) is 4.79 Å². The molecule has 3 rings (SSSR count). The lowest BCUT2D eigenvalue weighted by atomic mass is 10.2. The largest absolute Gasteiger partial charge is 0.486 e. The molecule has 0 spiro atoms. The molecule has 0 unspecified atom stereocenters. The summed E-state index contributed by atoms with van der Waals surface area (Å²) >= 11 is 0. The highest BCUT2D eigenvalue weighted by Crippen LogP contribution is 2.30. The van der Waals surface area contributed by atoms with Crippen molar-refractivity contribution in [3.05, 3.63) is 59.7 Å². The molecule has 23 heavy (non-hydrogen) atoms. The molecule has 0 bridgehead atoms. The van der Waals surface area contributed by atoms with E-state index in [2.05, 4.69) is 5.32 Å². The Morgan fingerprint density at radius 1 is 1.04 bits per heavy atom. The van der Waals surface area contributed by atoms with Crippen LogP contribution in [0, 0.1) is 0 Å². The SMILES string of the molecule is CN(Cc1ccccc1)C(=O)NCc1ccc2c(c1)OCCO2. The van der Waals surface area contributed by atoms with Crippen LogP contribution in [0.3, 0.4) is 0 Å². The topological polar surface area (TPSA) is 50.8 Å². The van der Waals surface area contributed by atoms with Crippen molar-refractivity contribution in [1.29, 1.82) is 0 Å². The number of nitrogens with one attached hydrogen (secondary N) is 1. The third-order valence-electron chi connectivity index (χ3n) is 3.66. The monoisotopic (exact) mass is 312 g/mol. The number of fused-ring (bicyclic) bond motifs is 1. The van der Waals surface area contributed by atoms with E-state index in [9.17, 15) is 4.79 Å². The number of amides is 2. The van der Waals surface area contributed by atoms with E-state index in [4.69, 9.17) is 9.47 Å². The van der Waals surface area contributed by atoms with E-state index in [-0.39, 0.29) is 6.03 Å². The van der Waals surface area contributed by atoms with E-state index in [1.807, 2.05) is 48.5 Å². The van der Waals surface area contributed by atoms with Gasteiger partial charge in [0.15, 0.2) is 11.5 Å². The number of urea groups is 1. The summed E-state index contributed by atoms with van der Waals surface area (Å²) in [6.07, 6.45) is 0. The number of nitrogens with zero attached hydrogens (tertiary/aromatic N) is 1. The van der Waals surface area contributed by atoms with Crippen LogP contribution in [0.5, 0.6) is 11.5 Å². The lowest BCUT2D eigenvalue weighted by molar-refractivity contribution is 0.171. The van der Waals surface area contributed by atoms with E-state index in [0.29, 0.717) is 26.3 Å². The Kier molecular flexibility index (Phi) is 4.66. The fourth-order valence-corrected chi connectivity index (χ4v) is 2.44. The molecule has 0 aliphatic carbocycles. The van der Waals surface area contributed by atoms with Gasteiger partial charge in [-0.05, 0) is 23.3 Å². The fourth-order valence-electron chi connectivity index (χ4n) is 2.44. The minimum atomic E-state index is -0.108. The number of rotatable bonds is 4. The number of ether oxygens (including phenoxy) is 2. The van der Waals surface area contributed by atoms with Crippen molar-refractivity contribution >= 4 is 6.03 Å². The standard InChI is InChI=1S/C18H20N2O3/c1-20(13-14-5-3-2-4-6-14)18(21)19-12-15-7-8-16-17(11-15)23-10-9-22-16/h2-8,11H,9-10,12-13H2,1H3,(H,19,21). The molecule has 1 heterocycles. The molecule has 5 nitrogen and oxygen atoms in total. The number of benzene rings is 2. The van der Waals surface area contributed by atoms with Gasteiger partial charge in [0, 0.05) is 20.1 Å². The molecule has 0 saturated carbocycles. The van der Waals surface area contributed by atoms with Crippen molar-refractivity contribution < 1.29 is 14.3 Å². The highest BCUT2D eigenvalue weighted by atomic mass is 16.6. The van der Waals surface area contributed by atoms with Crippen LogP contribution in [0.25, 0.3) is 0 Å². The van der Waals surface area contributed by atoms with Crippen LogP contribution in [0.15, 0.2) is 48.5 Å². The minimum absolute atomic E-state index is 0.108. The Morgan fingerprint density at radius 3 is 2.57 bits per heavy atom. The Bertz CT molecular complexity index is 673. The van der Waals surface area contributed by atoms with Gasteiger partial charge >= 0.3 is 6.03 Å². The van der Waals surface area contributed by atoms with Crippen LogP contribution in [-0.4, -0.2) is 31.2 Å². The highest BCUT2D eigenvalue weighted by molar-refractivity contribution is 5.73. The van der Waals surface area contributed by atoms with Crippen LogP contribution in [0.1, 0.15) is 11.1 Å². The molecule has 5 heteroatoms. The van der Waals surface area contributed by atoms with E-state index in [1.54, 1.807) is 11.9 Å². The van der Waals surface area contributed by atoms with Gasteiger partial charge in [-0.3, -0.25) is 0 Å². The summed E-state index contributed by atoms with van der Waals surface area (Å²) in [6.45, 7) is 2.17. The van der Waals surface area contributed by atoms with E-state index >= 15 is 0 Å². The highest BCUT2D eigenvalue weighted by Gasteiger charge is 2.13. The molecule has 0 radical (unpaired) electrons. The van der Waals surface area contributed by atoms with E-state index < -0.39 is 0 Å². The molecule has 0 atom stereocenters. The van der Waals surface area contributed by atoms with Crippen LogP contribution in [-0.2, 0) is 13.1 Å². The van der Waals surface area contributed by atoms with Crippen molar-refractivity contribution in [3.63, 3.8) is 0 Å². The lowest BCUT2D eigenvalue weighted by Gasteiger charge is -2.20. The van der Waals surface area contributed by atoms with Crippen molar-refractivity contribution in [2.75, 3.05) is 20.3 Å². The molecular weight excluding hydrogens is 292 g/mol.